The first kappa shape index (κ1) is 25.7. The summed E-state index contributed by atoms with van der Waals surface area (Å²) in [6, 6.07) is 8.27. The summed E-state index contributed by atoms with van der Waals surface area (Å²) in [5.74, 6) is 3.61. The summed E-state index contributed by atoms with van der Waals surface area (Å²) >= 11 is 0. The van der Waals surface area contributed by atoms with Crippen molar-refractivity contribution in [3.8, 4) is 17.1 Å². The number of hydrogen-bond acceptors (Lipinski definition) is 3. The first-order valence-corrected chi connectivity index (χ1v) is 13.8. The quantitative estimate of drug-likeness (QED) is 0.254. The average Bonchev–Trinajstić information content (AvgIpc) is 2.87. The molecule has 0 N–H and O–H groups in total. The van der Waals surface area contributed by atoms with Crippen LogP contribution in [-0.2, 0) is 6.42 Å². The van der Waals surface area contributed by atoms with Gasteiger partial charge in [-0.15, -0.1) is 0 Å². The second kappa shape index (κ2) is 15.1. The number of aromatic nitrogens is 2. The maximum atomic E-state index is 6.02. The van der Waals surface area contributed by atoms with Gasteiger partial charge in [0.05, 0.1) is 6.61 Å². The van der Waals surface area contributed by atoms with Crippen molar-refractivity contribution in [1.82, 2.24) is 9.97 Å². The molecule has 3 heteroatoms. The highest BCUT2D eigenvalue weighted by Crippen LogP contribution is 2.35. The Balaban J connectivity index is 1.35. The van der Waals surface area contributed by atoms with E-state index in [9.17, 15) is 0 Å². The van der Waals surface area contributed by atoms with Crippen LogP contribution < -0.4 is 4.74 Å². The summed E-state index contributed by atoms with van der Waals surface area (Å²) in [6.07, 6.45) is 24.0. The zero-order chi connectivity index (χ0) is 23.1. The lowest BCUT2D eigenvalue weighted by Crippen LogP contribution is -2.19. The van der Waals surface area contributed by atoms with Crippen molar-refractivity contribution in [2.45, 2.75) is 110 Å². The van der Waals surface area contributed by atoms with Crippen molar-refractivity contribution < 1.29 is 4.74 Å². The molecular weight excluding hydrogens is 404 g/mol. The molecule has 3 rings (SSSR count). The zero-order valence-electron chi connectivity index (χ0n) is 21.2. The number of nitrogens with zero attached hydrogens (tertiary/aromatic N) is 2. The van der Waals surface area contributed by atoms with Crippen molar-refractivity contribution in [3.05, 3.63) is 42.2 Å². The second-order valence-electron chi connectivity index (χ2n) is 10.0. The van der Waals surface area contributed by atoms with Gasteiger partial charge in [-0.05, 0) is 67.3 Å². The largest absolute Gasteiger partial charge is 0.494 e. The molecule has 1 heterocycles. The minimum atomic E-state index is 0.799. The van der Waals surface area contributed by atoms with Gasteiger partial charge in [0.25, 0.3) is 0 Å². The Morgan fingerprint density at radius 3 is 2.15 bits per heavy atom. The van der Waals surface area contributed by atoms with Gasteiger partial charge >= 0.3 is 0 Å². The van der Waals surface area contributed by atoms with E-state index in [4.69, 9.17) is 4.74 Å². The second-order valence-corrected chi connectivity index (χ2v) is 10.0. The van der Waals surface area contributed by atoms with Crippen molar-refractivity contribution in [1.29, 1.82) is 0 Å². The summed E-state index contributed by atoms with van der Waals surface area (Å²) in [7, 11) is 0. The van der Waals surface area contributed by atoms with E-state index in [1.807, 2.05) is 12.4 Å². The summed E-state index contributed by atoms with van der Waals surface area (Å²) in [5.41, 5.74) is 2.30. The molecule has 2 unspecified atom stereocenters. The molecular formula is C30H46N2O. The van der Waals surface area contributed by atoms with E-state index in [1.54, 1.807) is 0 Å². The predicted octanol–water partition coefficient (Wildman–Crippen LogP) is 8.81. The first-order valence-electron chi connectivity index (χ1n) is 13.8. The third-order valence-electron chi connectivity index (χ3n) is 7.47. The van der Waals surface area contributed by atoms with Gasteiger partial charge in [0.1, 0.15) is 5.75 Å². The van der Waals surface area contributed by atoms with Crippen LogP contribution in [0.4, 0.5) is 0 Å². The molecule has 33 heavy (non-hydrogen) atoms. The molecule has 2 atom stereocenters. The van der Waals surface area contributed by atoms with E-state index in [2.05, 4.69) is 48.1 Å². The molecule has 0 radical (unpaired) electrons. The Labute approximate surface area is 202 Å². The highest BCUT2D eigenvalue weighted by atomic mass is 16.5. The minimum absolute atomic E-state index is 0.799. The maximum absolute atomic E-state index is 6.02. The van der Waals surface area contributed by atoms with Gasteiger partial charge < -0.3 is 4.74 Å². The number of benzene rings is 1. The highest BCUT2D eigenvalue weighted by molar-refractivity contribution is 5.55. The van der Waals surface area contributed by atoms with Crippen molar-refractivity contribution in [2.24, 2.45) is 11.8 Å². The Bertz CT molecular complexity index is 756. The fraction of sp³-hybridized carbons (Fsp3) is 0.667. The monoisotopic (exact) mass is 450 g/mol. The van der Waals surface area contributed by atoms with Crippen LogP contribution in [0.25, 0.3) is 11.4 Å². The lowest BCUT2D eigenvalue weighted by atomic mass is 9.76. The number of hydrogen-bond donors (Lipinski definition) is 0. The molecule has 1 saturated carbocycles. The normalized spacial score (nSPS) is 18.4. The molecule has 1 aromatic heterocycles. The average molecular weight is 451 g/mol. The SMILES string of the molecule is CCCCCCCCCc1cnc(-c2ccc(OCCCC3CCCCC3CC)cc2)nc1. The van der Waals surface area contributed by atoms with Gasteiger partial charge in [-0.1, -0.05) is 84.5 Å². The van der Waals surface area contributed by atoms with E-state index in [0.29, 0.717) is 0 Å². The smallest absolute Gasteiger partial charge is 0.159 e. The summed E-state index contributed by atoms with van der Waals surface area (Å²) in [4.78, 5) is 9.22. The summed E-state index contributed by atoms with van der Waals surface area (Å²) in [5, 5.41) is 0. The molecule has 0 amide bonds. The van der Waals surface area contributed by atoms with Crippen LogP contribution >= 0.6 is 0 Å². The molecule has 0 bridgehead atoms. The molecule has 3 nitrogen and oxygen atoms in total. The van der Waals surface area contributed by atoms with Crippen LogP contribution in [0.15, 0.2) is 36.7 Å². The van der Waals surface area contributed by atoms with Crippen molar-refractivity contribution in [2.75, 3.05) is 6.61 Å². The van der Waals surface area contributed by atoms with Gasteiger partial charge in [0, 0.05) is 18.0 Å². The van der Waals surface area contributed by atoms with Crippen LogP contribution in [-0.4, -0.2) is 16.6 Å². The maximum Gasteiger partial charge on any atom is 0.159 e. The highest BCUT2D eigenvalue weighted by Gasteiger charge is 2.22. The molecule has 1 fully saturated rings. The number of aryl methyl sites for hydroxylation is 1. The summed E-state index contributed by atoms with van der Waals surface area (Å²) < 4.78 is 6.02. The Morgan fingerprint density at radius 2 is 1.45 bits per heavy atom. The van der Waals surface area contributed by atoms with Gasteiger partial charge in [-0.3, -0.25) is 0 Å². The number of rotatable bonds is 15. The fourth-order valence-electron chi connectivity index (χ4n) is 5.36. The van der Waals surface area contributed by atoms with Crippen LogP contribution in [0.3, 0.4) is 0 Å². The van der Waals surface area contributed by atoms with Gasteiger partial charge in [-0.25, -0.2) is 9.97 Å². The third-order valence-corrected chi connectivity index (χ3v) is 7.47. The first-order chi connectivity index (χ1) is 16.3. The molecule has 0 saturated heterocycles. The number of ether oxygens (including phenoxy) is 1. The van der Waals surface area contributed by atoms with E-state index in [-0.39, 0.29) is 0 Å². The van der Waals surface area contributed by atoms with E-state index in [1.165, 1.54) is 89.0 Å². The van der Waals surface area contributed by atoms with Gasteiger partial charge in [0.2, 0.25) is 0 Å². The minimum Gasteiger partial charge on any atom is -0.494 e. The summed E-state index contributed by atoms with van der Waals surface area (Å²) in [6.45, 7) is 5.44. The van der Waals surface area contributed by atoms with Crippen LogP contribution in [0.1, 0.15) is 109 Å². The molecule has 2 aromatic rings. The van der Waals surface area contributed by atoms with E-state index in [0.717, 1.165) is 48.4 Å². The molecule has 1 aliphatic carbocycles. The van der Waals surface area contributed by atoms with Crippen LogP contribution in [0.5, 0.6) is 5.75 Å². The topological polar surface area (TPSA) is 35.0 Å². The third kappa shape index (κ3) is 9.10. The molecule has 1 aliphatic rings. The Kier molecular flexibility index (Phi) is 11.8. The van der Waals surface area contributed by atoms with Crippen LogP contribution in [0.2, 0.25) is 0 Å². The van der Waals surface area contributed by atoms with Crippen LogP contribution in [0, 0.1) is 11.8 Å². The van der Waals surface area contributed by atoms with E-state index >= 15 is 0 Å². The predicted molar refractivity (Wildman–Crippen MR) is 140 cm³/mol. The molecule has 182 valence electrons. The lowest BCUT2D eigenvalue weighted by molar-refractivity contribution is 0.199. The van der Waals surface area contributed by atoms with Gasteiger partial charge in [-0.2, -0.15) is 0 Å². The molecule has 0 aliphatic heterocycles. The van der Waals surface area contributed by atoms with Crippen molar-refractivity contribution in [3.63, 3.8) is 0 Å². The van der Waals surface area contributed by atoms with Gasteiger partial charge in [0.15, 0.2) is 5.82 Å². The Hall–Kier alpha value is -1.90. The van der Waals surface area contributed by atoms with E-state index < -0.39 is 0 Å². The molecule has 0 spiro atoms. The van der Waals surface area contributed by atoms with Crippen molar-refractivity contribution >= 4 is 0 Å². The standard InChI is InChI=1S/C30H46N2O/c1-3-5-6-7-8-9-10-14-25-23-31-30(32-24-25)28-18-20-29(21-19-28)33-22-13-17-27-16-12-11-15-26(27)4-2/h18-21,23-24,26-27H,3-17,22H2,1-2H3. The number of unbranched alkanes of at least 4 members (excludes halogenated alkanes) is 6. The lowest BCUT2D eigenvalue weighted by Gasteiger charge is -2.30. The molecule has 1 aromatic carbocycles. The Morgan fingerprint density at radius 1 is 0.788 bits per heavy atom. The fourth-order valence-corrected chi connectivity index (χ4v) is 5.36. The zero-order valence-corrected chi connectivity index (χ0v) is 21.2.